The molecule has 0 aliphatic rings. The van der Waals surface area contributed by atoms with Crippen LogP contribution in [0.1, 0.15) is 26.2 Å². The number of rotatable bonds is 12. The summed E-state index contributed by atoms with van der Waals surface area (Å²) in [6, 6.07) is -3.92. The number of amides is 4. The minimum absolute atomic E-state index is 0.101. The lowest BCUT2D eigenvalue weighted by Gasteiger charge is -2.21. The number of hydrogen-bond acceptors (Lipinski definition) is 7. The van der Waals surface area contributed by atoms with Gasteiger partial charge in [0, 0.05) is 6.42 Å². The summed E-state index contributed by atoms with van der Waals surface area (Å²) in [7, 11) is 0. The average Bonchev–Trinajstić information content (AvgIpc) is 2.55. The maximum absolute atomic E-state index is 12.2. The van der Waals surface area contributed by atoms with E-state index in [0.29, 0.717) is 0 Å². The second-order valence-electron chi connectivity index (χ2n) is 5.61. The fourth-order valence-electron chi connectivity index (χ4n) is 1.79. The molecule has 0 saturated heterocycles. The van der Waals surface area contributed by atoms with Gasteiger partial charge in [0.25, 0.3) is 0 Å². The molecule has 0 bridgehead atoms. The van der Waals surface area contributed by atoms with E-state index in [1.807, 2.05) is 5.32 Å². The van der Waals surface area contributed by atoms with Gasteiger partial charge in [-0.25, -0.2) is 0 Å². The van der Waals surface area contributed by atoms with Crippen molar-refractivity contribution in [2.45, 2.75) is 44.3 Å². The van der Waals surface area contributed by atoms with Crippen LogP contribution in [0.3, 0.4) is 0 Å². The SMILES string of the molecule is CC(NC(=O)C(CC(=O)O)NC(=O)C(N)CCC(N)=O)C(=O)NCC(=O)O. The number of primary amides is 1. The van der Waals surface area contributed by atoms with Crippen LogP contribution >= 0.6 is 0 Å². The normalized spacial score (nSPS) is 13.6. The van der Waals surface area contributed by atoms with E-state index in [9.17, 15) is 28.8 Å². The summed E-state index contributed by atoms with van der Waals surface area (Å²) in [5.41, 5.74) is 10.5. The topological polar surface area (TPSA) is 231 Å². The quantitative estimate of drug-likeness (QED) is 0.173. The van der Waals surface area contributed by atoms with Crippen LogP contribution in [0, 0.1) is 0 Å². The van der Waals surface area contributed by atoms with E-state index >= 15 is 0 Å². The molecule has 0 heterocycles. The van der Waals surface area contributed by atoms with Gasteiger partial charge in [-0.15, -0.1) is 0 Å². The zero-order valence-corrected chi connectivity index (χ0v) is 14.6. The second-order valence-corrected chi connectivity index (χ2v) is 5.61. The van der Waals surface area contributed by atoms with Crippen LogP contribution in [0.5, 0.6) is 0 Å². The van der Waals surface area contributed by atoms with Crippen LogP contribution in [-0.2, 0) is 28.8 Å². The molecule has 0 aliphatic carbocycles. The number of carboxylic acid groups (broad SMARTS) is 2. The molecule has 0 aromatic heterocycles. The van der Waals surface area contributed by atoms with Crippen LogP contribution in [0.4, 0.5) is 0 Å². The summed E-state index contributed by atoms with van der Waals surface area (Å²) < 4.78 is 0. The zero-order chi connectivity index (χ0) is 21.1. The lowest BCUT2D eigenvalue weighted by Crippen LogP contribution is -2.55. The van der Waals surface area contributed by atoms with Crippen molar-refractivity contribution in [1.29, 1.82) is 0 Å². The highest BCUT2D eigenvalue weighted by Gasteiger charge is 2.28. The lowest BCUT2D eigenvalue weighted by molar-refractivity contribution is -0.141. The van der Waals surface area contributed by atoms with E-state index in [2.05, 4.69) is 10.6 Å². The van der Waals surface area contributed by atoms with Crippen LogP contribution in [0.25, 0.3) is 0 Å². The van der Waals surface area contributed by atoms with Gasteiger partial charge in [-0.05, 0) is 13.3 Å². The number of nitrogens with one attached hydrogen (secondary N) is 3. The van der Waals surface area contributed by atoms with Crippen molar-refractivity contribution in [2.24, 2.45) is 11.5 Å². The molecule has 0 aromatic carbocycles. The van der Waals surface area contributed by atoms with Crippen molar-refractivity contribution >= 4 is 35.6 Å². The molecule has 0 saturated carbocycles. The number of aliphatic carboxylic acids is 2. The first-order chi connectivity index (χ1) is 12.4. The number of hydrogen-bond donors (Lipinski definition) is 7. The predicted octanol–water partition coefficient (Wildman–Crippen LogP) is -3.76. The van der Waals surface area contributed by atoms with Crippen LogP contribution in [-0.4, -0.2) is 70.5 Å². The van der Waals surface area contributed by atoms with E-state index < -0.39 is 66.7 Å². The zero-order valence-electron chi connectivity index (χ0n) is 14.6. The largest absolute Gasteiger partial charge is 0.481 e. The van der Waals surface area contributed by atoms with Crippen molar-refractivity contribution in [3.05, 3.63) is 0 Å². The summed E-state index contributed by atoms with van der Waals surface area (Å²) in [5.74, 6) is -6.04. The Kier molecular flexibility index (Phi) is 10.0. The number of nitrogens with two attached hydrogens (primary N) is 2. The lowest BCUT2D eigenvalue weighted by atomic mass is 10.1. The molecule has 0 rings (SSSR count). The van der Waals surface area contributed by atoms with Crippen molar-refractivity contribution in [3.8, 4) is 0 Å². The highest BCUT2D eigenvalue weighted by molar-refractivity contribution is 5.95. The van der Waals surface area contributed by atoms with Crippen molar-refractivity contribution in [2.75, 3.05) is 6.54 Å². The first-order valence-corrected chi connectivity index (χ1v) is 7.80. The minimum atomic E-state index is -1.54. The highest BCUT2D eigenvalue weighted by atomic mass is 16.4. The van der Waals surface area contributed by atoms with E-state index in [4.69, 9.17) is 21.7 Å². The van der Waals surface area contributed by atoms with Crippen LogP contribution in [0.2, 0.25) is 0 Å². The van der Waals surface area contributed by atoms with E-state index in [1.165, 1.54) is 6.92 Å². The minimum Gasteiger partial charge on any atom is -0.481 e. The van der Waals surface area contributed by atoms with Gasteiger partial charge in [-0.1, -0.05) is 0 Å². The Morgan fingerprint density at radius 2 is 1.52 bits per heavy atom. The molecular formula is C14H23N5O8. The van der Waals surface area contributed by atoms with Crippen molar-refractivity contribution in [1.82, 2.24) is 16.0 Å². The molecule has 3 atom stereocenters. The van der Waals surface area contributed by atoms with Gasteiger partial charge in [0.2, 0.25) is 23.6 Å². The Hall–Kier alpha value is -3.22. The van der Waals surface area contributed by atoms with Crippen LogP contribution in [0.15, 0.2) is 0 Å². The number of carbonyl (C=O) groups is 6. The molecule has 0 radical (unpaired) electrons. The molecule has 3 unspecified atom stereocenters. The fourth-order valence-corrected chi connectivity index (χ4v) is 1.79. The molecule has 0 spiro atoms. The summed E-state index contributed by atoms with van der Waals surface area (Å²) in [4.78, 5) is 67.8. The van der Waals surface area contributed by atoms with Gasteiger partial charge in [-0.3, -0.25) is 28.8 Å². The smallest absolute Gasteiger partial charge is 0.322 e. The molecule has 152 valence electrons. The maximum atomic E-state index is 12.2. The number of carboxylic acids is 2. The molecular weight excluding hydrogens is 366 g/mol. The predicted molar refractivity (Wildman–Crippen MR) is 88.8 cm³/mol. The number of carbonyl (C=O) groups excluding carboxylic acids is 4. The molecule has 0 aromatic rings. The Labute approximate surface area is 153 Å². The Morgan fingerprint density at radius 3 is 2.00 bits per heavy atom. The van der Waals surface area contributed by atoms with Gasteiger partial charge in [0.05, 0.1) is 12.5 Å². The average molecular weight is 389 g/mol. The monoisotopic (exact) mass is 389 g/mol. The van der Waals surface area contributed by atoms with Crippen molar-refractivity contribution < 1.29 is 39.0 Å². The third kappa shape index (κ3) is 10.4. The molecule has 0 fully saturated rings. The van der Waals surface area contributed by atoms with Crippen molar-refractivity contribution in [3.63, 3.8) is 0 Å². The summed E-state index contributed by atoms with van der Waals surface area (Å²) in [6.45, 7) is 0.580. The Balaban J connectivity index is 4.86. The Morgan fingerprint density at radius 1 is 0.926 bits per heavy atom. The third-order valence-corrected chi connectivity index (χ3v) is 3.22. The third-order valence-electron chi connectivity index (χ3n) is 3.22. The van der Waals surface area contributed by atoms with Gasteiger partial charge >= 0.3 is 11.9 Å². The molecule has 9 N–H and O–H groups in total. The second kappa shape index (κ2) is 11.4. The van der Waals surface area contributed by atoms with Gasteiger partial charge in [0.1, 0.15) is 18.6 Å². The maximum Gasteiger partial charge on any atom is 0.322 e. The van der Waals surface area contributed by atoms with E-state index in [1.54, 1.807) is 0 Å². The molecule has 13 heteroatoms. The first kappa shape index (κ1) is 23.8. The van der Waals surface area contributed by atoms with E-state index in [-0.39, 0.29) is 12.8 Å². The summed E-state index contributed by atoms with van der Waals surface area (Å²) >= 11 is 0. The van der Waals surface area contributed by atoms with Crippen LogP contribution < -0.4 is 27.4 Å². The molecule has 0 aliphatic heterocycles. The van der Waals surface area contributed by atoms with Gasteiger partial charge < -0.3 is 37.6 Å². The van der Waals surface area contributed by atoms with Gasteiger partial charge in [0.15, 0.2) is 0 Å². The first-order valence-electron chi connectivity index (χ1n) is 7.80. The fraction of sp³-hybridized carbons (Fsp3) is 0.571. The molecule has 27 heavy (non-hydrogen) atoms. The Bertz CT molecular complexity index is 608. The summed E-state index contributed by atoms with van der Waals surface area (Å²) in [6.07, 6.45) is -1.06. The molecule has 4 amide bonds. The molecule has 13 nitrogen and oxygen atoms in total. The standard InChI is InChI=1S/C14H23N5O8/c1-6(12(25)17-5-11(23)24)18-14(27)8(4-10(21)22)19-13(26)7(15)2-3-9(16)20/h6-8H,2-5,15H2,1H3,(H2,16,20)(H,17,25)(H,18,27)(H,19,26)(H,21,22)(H,23,24). The highest BCUT2D eigenvalue weighted by Crippen LogP contribution is 1.99. The van der Waals surface area contributed by atoms with E-state index in [0.717, 1.165) is 0 Å². The summed E-state index contributed by atoms with van der Waals surface area (Å²) in [5, 5.41) is 23.7. The van der Waals surface area contributed by atoms with Gasteiger partial charge in [-0.2, -0.15) is 0 Å².